The van der Waals surface area contributed by atoms with E-state index in [1.807, 2.05) is 4.90 Å². The predicted octanol–water partition coefficient (Wildman–Crippen LogP) is 1.75. The van der Waals surface area contributed by atoms with E-state index in [0.717, 1.165) is 25.9 Å². The lowest BCUT2D eigenvalue weighted by Crippen LogP contribution is -2.41. The van der Waals surface area contributed by atoms with Crippen molar-refractivity contribution >= 4 is 11.9 Å². The van der Waals surface area contributed by atoms with Crippen molar-refractivity contribution in [2.45, 2.75) is 39.0 Å². The number of carboxylic acids is 1. The second-order valence-electron chi connectivity index (χ2n) is 5.37. The van der Waals surface area contributed by atoms with Gasteiger partial charge in [-0.1, -0.05) is 13.3 Å². The van der Waals surface area contributed by atoms with Crippen LogP contribution in [0.5, 0.6) is 0 Å². The first-order valence-electron chi connectivity index (χ1n) is 6.65. The van der Waals surface area contributed by atoms with Gasteiger partial charge in [-0.2, -0.15) is 0 Å². The fourth-order valence-corrected chi connectivity index (χ4v) is 2.88. The van der Waals surface area contributed by atoms with Gasteiger partial charge in [0, 0.05) is 13.1 Å². The molecular weight excluding hydrogens is 218 g/mol. The molecule has 1 amide bonds. The number of carbonyl (C=O) groups is 2. The summed E-state index contributed by atoms with van der Waals surface area (Å²) in [4.78, 5) is 24.7. The molecule has 1 N–H and O–H groups in total. The van der Waals surface area contributed by atoms with Crippen molar-refractivity contribution in [1.82, 2.24) is 4.90 Å². The molecule has 2 fully saturated rings. The molecule has 0 aromatic carbocycles. The van der Waals surface area contributed by atoms with Gasteiger partial charge in [-0.05, 0) is 31.6 Å². The number of rotatable bonds is 4. The van der Waals surface area contributed by atoms with Gasteiger partial charge in [0.05, 0.1) is 11.8 Å². The summed E-state index contributed by atoms with van der Waals surface area (Å²) < 4.78 is 0. The Morgan fingerprint density at radius 3 is 2.71 bits per heavy atom. The van der Waals surface area contributed by atoms with Crippen LogP contribution in [0.25, 0.3) is 0 Å². The molecule has 1 saturated heterocycles. The molecule has 1 saturated carbocycles. The zero-order valence-electron chi connectivity index (χ0n) is 10.4. The van der Waals surface area contributed by atoms with Crippen molar-refractivity contribution in [3.05, 3.63) is 0 Å². The normalized spacial score (nSPS) is 32.3. The molecule has 0 spiro atoms. The third kappa shape index (κ3) is 2.79. The molecule has 0 aromatic rings. The fraction of sp³-hybridized carbons (Fsp3) is 0.846. The third-order valence-corrected chi connectivity index (χ3v) is 3.95. The summed E-state index contributed by atoms with van der Waals surface area (Å²) in [5.74, 6) is -0.745. The van der Waals surface area contributed by atoms with E-state index < -0.39 is 11.9 Å². The van der Waals surface area contributed by atoms with Gasteiger partial charge >= 0.3 is 5.97 Å². The zero-order chi connectivity index (χ0) is 12.4. The quantitative estimate of drug-likeness (QED) is 0.813. The monoisotopic (exact) mass is 239 g/mol. The summed E-state index contributed by atoms with van der Waals surface area (Å²) in [5.41, 5.74) is 0. The second kappa shape index (κ2) is 5.07. The number of piperidine rings is 1. The first kappa shape index (κ1) is 12.4. The lowest BCUT2D eigenvalue weighted by Gasteiger charge is -2.33. The van der Waals surface area contributed by atoms with Crippen molar-refractivity contribution in [1.29, 1.82) is 0 Å². The van der Waals surface area contributed by atoms with Crippen LogP contribution in [0.1, 0.15) is 39.0 Å². The lowest BCUT2D eigenvalue weighted by molar-refractivity contribution is -0.142. The Kier molecular flexibility index (Phi) is 3.69. The molecule has 17 heavy (non-hydrogen) atoms. The number of aliphatic carboxylic acids is 1. The van der Waals surface area contributed by atoms with E-state index in [9.17, 15) is 9.59 Å². The van der Waals surface area contributed by atoms with Crippen molar-refractivity contribution in [2.24, 2.45) is 17.8 Å². The molecule has 3 unspecified atom stereocenters. The van der Waals surface area contributed by atoms with Crippen molar-refractivity contribution < 1.29 is 14.7 Å². The average Bonchev–Trinajstić information content (AvgIpc) is 3.09. The summed E-state index contributed by atoms with van der Waals surface area (Å²) in [6, 6.07) is 0. The first-order valence-corrected chi connectivity index (χ1v) is 6.65. The van der Waals surface area contributed by atoms with Gasteiger partial charge in [-0.25, -0.2) is 0 Å². The summed E-state index contributed by atoms with van der Waals surface area (Å²) in [5, 5.41) is 8.84. The van der Waals surface area contributed by atoms with Gasteiger partial charge in [0.15, 0.2) is 0 Å². The molecule has 4 heteroatoms. The van der Waals surface area contributed by atoms with E-state index in [1.165, 1.54) is 12.8 Å². The Hall–Kier alpha value is -1.06. The van der Waals surface area contributed by atoms with Gasteiger partial charge in [-0.15, -0.1) is 0 Å². The maximum absolute atomic E-state index is 12.1. The van der Waals surface area contributed by atoms with Gasteiger partial charge in [-0.3, -0.25) is 9.59 Å². The van der Waals surface area contributed by atoms with Crippen LogP contribution in [0.4, 0.5) is 0 Å². The minimum atomic E-state index is -0.814. The summed E-state index contributed by atoms with van der Waals surface area (Å²) in [7, 11) is 0. The van der Waals surface area contributed by atoms with E-state index in [0.29, 0.717) is 12.3 Å². The highest BCUT2D eigenvalue weighted by atomic mass is 16.4. The molecule has 0 aromatic heterocycles. The average molecular weight is 239 g/mol. The van der Waals surface area contributed by atoms with Crippen LogP contribution >= 0.6 is 0 Å². The Bertz CT molecular complexity index is 314. The smallest absolute Gasteiger partial charge is 0.307 e. The van der Waals surface area contributed by atoms with Crippen LogP contribution in [0.2, 0.25) is 0 Å². The molecule has 0 bridgehead atoms. The maximum Gasteiger partial charge on any atom is 0.307 e. The summed E-state index contributed by atoms with van der Waals surface area (Å²) >= 11 is 0. The topological polar surface area (TPSA) is 57.6 Å². The minimum absolute atomic E-state index is 0.0817. The molecule has 1 aliphatic heterocycles. The summed E-state index contributed by atoms with van der Waals surface area (Å²) in [6.07, 6.45) is 5.17. The molecule has 2 rings (SSSR count). The molecule has 2 aliphatic rings. The Labute approximate surface area is 102 Å². The zero-order valence-corrected chi connectivity index (χ0v) is 10.4. The fourth-order valence-electron chi connectivity index (χ4n) is 2.88. The highest BCUT2D eigenvalue weighted by Gasteiger charge is 2.50. The molecular formula is C13H21NO3. The van der Waals surface area contributed by atoms with E-state index in [1.54, 1.807) is 0 Å². The van der Waals surface area contributed by atoms with Gasteiger partial charge in [0.25, 0.3) is 0 Å². The van der Waals surface area contributed by atoms with Crippen LogP contribution in [-0.2, 0) is 9.59 Å². The number of carboxylic acid groups (broad SMARTS) is 1. The second-order valence-corrected chi connectivity index (χ2v) is 5.37. The number of likely N-dealkylation sites (tertiary alicyclic amines) is 1. The van der Waals surface area contributed by atoms with Gasteiger partial charge in [0.2, 0.25) is 5.91 Å². The maximum atomic E-state index is 12.1. The number of hydrogen-bond donors (Lipinski definition) is 1. The molecule has 0 radical (unpaired) electrons. The first-order chi connectivity index (χ1) is 8.13. The standard InChI is InChI=1S/C13H21NO3/c1-2-4-9-5-3-6-14(8-9)12(15)10-7-11(10)13(16)17/h9-11H,2-8H2,1H3,(H,16,17). The van der Waals surface area contributed by atoms with E-state index in [-0.39, 0.29) is 11.8 Å². The molecule has 1 aliphatic carbocycles. The van der Waals surface area contributed by atoms with Crippen molar-refractivity contribution in [2.75, 3.05) is 13.1 Å². The van der Waals surface area contributed by atoms with Crippen LogP contribution in [0, 0.1) is 17.8 Å². The van der Waals surface area contributed by atoms with E-state index in [4.69, 9.17) is 5.11 Å². The van der Waals surface area contributed by atoms with Crippen LogP contribution in [-0.4, -0.2) is 35.0 Å². The van der Waals surface area contributed by atoms with E-state index in [2.05, 4.69) is 6.92 Å². The van der Waals surface area contributed by atoms with Crippen molar-refractivity contribution in [3.63, 3.8) is 0 Å². The predicted molar refractivity (Wildman–Crippen MR) is 63.4 cm³/mol. The number of amides is 1. The summed E-state index contributed by atoms with van der Waals surface area (Å²) in [6.45, 7) is 3.83. The van der Waals surface area contributed by atoms with Crippen molar-refractivity contribution in [3.8, 4) is 0 Å². The highest BCUT2D eigenvalue weighted by Crippen LogP contribution is 2.40. The van der Waals surface area contributed by atoms with Gasteiger partial charge in [0.1, 0.15) is 0 Å². The number of hydrogen-bond acceptors (Lipinski definition) is 2. The Morgan fingerprint density at radius 2 is 2.12 bits per heavy atom. The molecule has 96 valence electrons. The molecule has 3 atom stereocenters. The Balaban J connectivity index is 1.85. The largest absolute Gasteiger partial charge is 0.481 e. The van der Waals surface area contributed by atoms with Crippen LogP contribution in [0.3, 0.4) is 0 Å². The Morgan fingerprint density at radius 1 is 1.35 bits per heavy atom. The van der Waals surface area contributed by atoms with E-state index >= 15 is 0 Å². The molecule has 4 nitrogen and oxygen atoms in total. The highest BCUT2D eigenvalue weighted by molar-refractivity contribution is 5.89. The lowest BCUT2D eigenvalue weighted by atomic mass is 9.93. The minimum Gasteiger partial charge on any atom is -0.481 e. The number of carbonyl (C=O) groups excluding carboxylic acids is 1. The molecule has 1 heterocycles. The third-order valence-electron chi connectivity index (χ3n) is 3.95. The SMILES string of the molecule is CCCC1CCCN(C(=O)C2CC2C(=O)O)C1. The van der Waals surface area contributed by atoms with Gasteiger partial charge < -0.3 is 10.0 Å². The van der Waals surface area contributed by atoms with Crippen LogP contribution < -0.4 is 0 Å². The number of nitrogens with zero attached hydrogens (tertiary/aromatic N) is 1. The van der Waals surface area contributed by atoms with Crippen LogP contribution in [0.15, 0.2) is 0 Å².